The predicted octanol–water partition coefficient (Wildman–Crippen LogP) is 2.81. The topological polar surface area (TPSA) is 35.0 Å². The molecule has 1 heterocycles. The van der Waals surface area contributed by atoms with Crippen LogP contribution in [0.5, 0.6) is 5.75 Å². The summed E-state index contributed by atoms with van der Waals surface area (Å²) >= 11 is 5.84. The van der Waals surface area contributed by atoms with Gasteiger partial charge in [-0.25, -0.2) is 0 Å². The Balaban J connectivity index is 2.55. The van der Waals surface area contributed by atoms with E-state index < -0.39 is 0 Å². The molecule has 1 aromatic carbocycles. The molecule has 0 unspecified atom stereocenters. The van der Waals surface area contributed by atoms with E-state index in [0.717, 1.165) is 26.2 Å². The maximum Gasteiger partial charge on any atom is 0.151 e. The van der Waals surface area contributed by atoms with Crippen molar-refractivity contribution in [3.05, 3.63) is 23.2 Å². The number of rotatable bonds is 2. The lowest BCUT2D eigenvalue weighted by atomic mass is 10.2. The molecule has 1 aromatic heterocycles. The molecule has 0 amide bonds. The summed E-state index contributed by atoms with van der Waals surface area (Å²) in [5, 5.41) is 9.88. The van der Waals surface area contributed by atoms with Crippen LogP contribution < -0.4 is 4.74 Å². The van der Waals surface area contributed by atoms with E-state index in [2.05, 4.69) is 22.8 Å². The van der Waals surface area contributed by atoms with Crippen molar-refractivity contribution in [1.82, 2.24) is 10.2 Å². The number of hydrogen-bond acceptors (Lipinski definition) is 5. The standard InChI is InChI=1S/C10H10N2OS2/c1-6-11-12-10(15-6)8-5-7(14)3-4-9(8)13-2/h3-5,14H,1-2H3. The first-order valence-electron chi connectivity index (χ1n) is 4.38. The maximum absolute atomic E-state index is 5.27. The molecule has 0 fully saturated rings. The molecule has 0 saturated carbocycles. The van der Waals surface area contributed by atoms with Crippen molar-refractivity contribution in [2.45, 2.75) is 11.8 Å². The maximum atomic E-state index is 5.27. The molecule has 0 atom stereocenters. The van der Waals surface area contributed by atoms with Crippen LogP contribution in [0, 0.1) is 6.92 Å². The Hall–Kier alpha value is -1.07. The Bertz CT molecular complexity index is 482. The number of thiol groups is 1. The second-order valence-corrected chi connectivity index (χ2v) is 4.71. The number of nitrogens with zero attached hydrogens (tertiary/aromatic N) is 2. The summed E-state index contributed by atoms with van der Waals surface area (Å²) in [5.74, 6) is 0.795. The molecular formula is C10H10N2OS2. The molecule has 0 aliphatic heterocycles. The van der Waals surface area contributed by atoms with Gasteiger partial charge in [0.25, 0.3) is 0 Å². The van der Waals surface area contributed by atoms with E-state index in [0.29, 0.717) is 0 Å². The number of hydrogen-bond donors (Lipinski definition) is 1. The molecule has 5 heteroatoms. The quantitative estimate of drug-likeness (QED) is 0.817. The molecule has 0 aliphatic rings. The second-order valence-electron chi connectivity index (χ2n) is 3.01. The minimum Gasteiger partial charge on any atom is -0.496 e. The molecule has 0 spiro atoms. The van der Waals surface area contributed by atoms with E-state index in [-0.39, 0.29) is 0 Å². The lowest BCUT2D eigenvalue weighted by Crippen LogP contribution is -1.87. The molecular weight excluding hydrogens is 228 g/mol. The average Bonchev–Trinajstić information content (AvgIpc) is 2.65. The minimum atomic E-state index is 0.795. The number of aryl methyl sites for hydroxylation is 1. The molecule has 3 nitrogen and oxygen atoms in total. The van der Waals surface area contributed by atoms with Crippen molar-refractivity contribution in [1.29, 1.82) is 0 Å². The van der Waals surface area contributed by atoms with Crippen LogP contribution in [0.25, 0.3) is 10.6 Å². The van der Waals surface area contributed by atoms with E-state index in [1.165, 1.54) is 0 Å². The van der Waals surface area contributed by atoms with Crippen LogP contribution in [0.1, 0.15) is 5.01 Å². The van der Waals surface area contributed by atoms with Gasteiger partial charge >= 0.3 is 0 Å². The first-order chi connectivity index (χ1) is 7.20. The Kier molecular flexibility index (Phi) is 2.93. The molecule has 0 N–H and O–H groups in total. The van der Waals surface area contributed by atoms with Gasteiger partial charge in [0.1, 0.15) is 10.8 Å². The number of methoxy groups -OCH3 is 1. The Morgan fingerprint density at radius 3 is 2.73 bits per heavy atom. The second kappa shape index (κ2) is 4.20. The van der Waals surface area contributed by atoms with E-state index in [4.69, 9.17) is 4.74 Å². The van der Waals surface area contributed by atoms with Gasteiger partial charge in [-0.1, -0.05) is 11.3 Å². The highest BCUT2D eigenvalue weighted by Crippen LogP contribution is 2.33. The van der Waals surface area contributed by atoms with E-state index in [1.807, 2.05) is 25.1 Å². The number of ether oxygens (including phenoxy) is 1. The van der Waals surface area contributed by atoms with Gasteiger partial charge < -0.3 is 4.74 Å². The summed E-state index contributed by atoms with van der Waals surface area (Å²) < 4.78 is 5.27. The van der Waals surface area contributed by atoms with Gasteiger partial charge in [-0.2, -0.15) is 0 Å². The van der Waals surface area contributed by atoms with Gasteiger partial charge in [-0.05, 0) is 25.1 Å². The fourth-order valence-corrected chi connectivity index (χ4v) is 2.18. The fourth-order valence-electron chi connectivity index (χ4n) is 1.27. The molecule has 0 aliphatic carbocycles. The monoisotopic (exact) mass is 238 g/mol. The summed E-state index contributed by atoms with van der Waals surface area (Å²) in [5.41, 5.74) is 0.940. The normalized spacial score (nSPS) is 10.3. The van der Waals surface area contributed by atoms with Crippen molar-refractivity contribution in [2.75, 3.05) is 7.11 Å². The highest BCUT2D eigenvalue weighted by molar-refractivity contribution is 7.80. The fraction of sp³-hybridized carbons (Fsp3) is 0.200. The van der Waals surface area contributed by atoms with Gasteiger partial charge in [0, 0.05) is 4.90 Å². The Morgan fingerprint density at radius 2 is 2.13 bits per heavy atom. The Morgan fingerprint density at radius 1 is 1.33 bits per heavy atom. The SMILES string of the molecule is COc1ccc(S)cc1-c1nnc(C)s1. The lowest BCUT2D eigenvalue weighted by Gasteiger charge is -2.05. The summed E-state index contributed by atoms with van der Waals surface area (Å²) in [4.78, 5) is 0.888. The van der Waals surface area contributed by atoms with Crippen LogP contribution in [-0.4, -0.2) is 17.3 Å². The van der Waals surface area contributed by atoms with Crippen molar-refractivity contribution in [2.24, 2.45) is 0 Å². The molecule has 2 rings (SSSR count). The molecule has 0 saturated heterocycles. The molecule has 2 aromatic rings. The van der Waals surface area contributed by atoms with Gasteiger partial charge in [-0.15, -0.1) is 22.8 Å². The molecule has 0 bridgehead atoms. The lowest BCUT2D eigenvalue weighted by molar-refractivity contribution is 0.416. The van der Waals surface area contributed by atoms with Crippen molar-refractivity contribution in [3.8, 4) is 16.3 Å². The molecule has 0 radical (unpaired) electrons. The van der Waals surface area contributed by atoms with Gasteiger partial charge in [-0.3, -0.25) is 0 Å². The van der Waals surface area contributed by atoms with E-state index >= 15 is 0 Å². The summed E-state index contributed by atoms with van der Waals surface area (Å²) in [7, 11) is 1.64. The predicted molar refractivity (Wildman–Crippen MR) is 63.9 cm³/mol. The number of benzene rings is 1. The Labute approximate surface area is 97.5 Å². The van der Waals surface area contributed by atoms with Gasteiger partial charge in [0.2, 0.25) is 0 Å². The van der Waals surface area contributed by atoms with Crippen LogP contribution in [0.15, 0.2) is 23.1 Å². The van der Waals surface area contributed by atoms with E-state index in [9.17, 15) is 0 Å². The summed E-state index contributed by atoms with van der Waals surface area (Å²) in [6.07, 6.45) is 0. The van der Waals surface area contributed by atoms with Crippen molar-refractivity contribution >= 4 is 24.0 Å². The summed E-state index contributed by atoms with van der Waals surface area (Å²) in [6, 6.07) is 5.70. The minimum absolute atomic E-state index is 0.795. The van der Waals surface area contributed by atoms with Crippen molar-refractivity contribution < 1.29 is 4.74 Å². The van der Waals surface area contributed by atoms with Gasteiger partial charge in [0.15, 0.2) is 5.01 Å². The van der Waals surface area contributed by atoms with Gasteiger partial charge in [0.05, 0.1) is 12.7 Å². The van der Waals surface area contributed by atoms with Crippen LogP contribution in [0.3, 0.4) is 0 Å². The van der Waals surface area contributed by atoms with Crippen LogP contribution in [-0.2, 0) is 0 Å². The van der Waals surface area contributed by atoms with Crippen molar-refractivity contribution in [3.63, 3.8) is 0 Å². The zero-order valence-electron chi connectivity index (χ0n) is 8.39. The van der Waals surface area contributed by atoms with Crippen LogP contribution in [0.2, 0.25) is 0 Å². The zero-order chi connectivity index (χ0) is 10.8. The van der Waals surface area contributed by atoms with E-state index in [1.54, 1.807) is 18.4 Å². The molecule has 15 heavy (non-hydrogen) atoms. The first kappa shape index (κ1) is 10.4. The van der Waals surface area contributed by atoms with Crippen LogP contribution >= 0.6 is 24.0 Å². The third-order valence-corrected chi connectivity index (χ3v) is 3.09. The smallest absolute Gasteiger partial charge is 0.151 e. The zero-order valence-corrected chi connectivity index (χ0v) is 10.1. The first-order valence-corrected chi connectivity index (χ1v) is 5.64. The van der Waals surface area contributed by atoms with Crippen LogP contribution in [0.4, 0.5) is 0 Å². The third kappa shape index (κ3) is 2.13. The highest BCUT2D eigenvalue weighted by atomic mass is 32.1. The third-order valence-electron chi connectivity index (χ3n) is 1.94. The average molecular weight is 238 g/mol. The number of aromatic nitrogens is 2. The highest BCUT2D eigenvalue weighted by Gasteiger charge is 2.10. The summed E-state index contributed by atoms with van der Waals surface area (Å²) in [6.45, 7) is 1.93. The molecule has 78 valence electrons. The largest absolute Gasteiger partial charge is 0.496 e.